The van der Waals surface area contributed by atoms with E-state index in [0.717, 1.165) is 25.1 Å². The molecule has 1 aromatic heterocycles. The van der Waals surface area contributed by atoms with Crippen molar-refractivity contribution >= 4 is 5.82 Å². The number of hydrogen-bond donors (Lipinski definition) is 2. The van der Waals surface area contributed by atoms with E-state index < -0.39 is 5.60 Å². The van der Waals surface area contributed by atoms with Crippen LogP contribution in [0, 0.1) is 0 Å². The molecule has 17 heavy (non-hydrogen) atoms. The van der Waals surface area contributed by atoms with Crippen molar-refractivity contribution in [3.05, 3.63) is 17.6 Å². The lowest BCUT2D eigenvalue weighted by molar-refractivity contribution is 0.0696. The fourth-order valence-electron chi connectivity index (χ4n) is 2.07. The fraction of sp³-hybridized carbons (Fsp3) is 0.692. The molecule has 0 saturated carbocycles. The Labute approximate surface area is 102 Å². The van der Waals surface area contributed by atoms with Crippen LogP contribution in [0.25, 0.3) is 0 Å². The number of rotatable bonds is 4. The number of anilines is 1. The predicted molar refractivity (Wildman–Crippen MR) is 68.1 cm³/mol. The lowest BCUT2D eigenvalue weighted by Gasteiger charge is -2.24. The summed E-state index contributed by atoms with van der Waals surface area (Å²) in [5.74, 6) is 0.906. The topological polar surface area (TPSA) is 58.0 Å². The van der Waals surface area contributed by atoms with Gasteiger partial charge >= 0.3 is 0 Å². The van der Waals surface area contributed by atoms with Crippen LogP contribution in [0.1, 0.15) is 44.4 Å². The van der Waals surface area contributed by atoms with Crippen molar-refractivity contribution in [1.82, 2.24) is 9.97 Å². The van der Waals surface area contributed by atoms with Crippen LogP contribution in [0.15, 0.2) is 6.33 Å². The minimum Gasteiger partial charge on any atom is -0.388 e. The molecule has 0 bridgehead atoms. The van der Waals surface area contributed by atoms with E-state index in [1.165, 1.54) is 24.1 Å². The van der Waals surface area contributed by atoms with Gasteiger partial charge in [0.25, 0.3) is 0 Å². The molecule has 4 nitrogen and oxygen atoms in total. The molecule has 0 fully saturated rings. The number of aromatic nitrogens is 2. The molecule has 1 atom stereocenters. The highest BCUT2D eigenvalue weighted by Crippen LogP contribution is 2.24. The second-order valence-electron chi connectivity index (χ2n) is 5.06. The van der Waals surface area contributed by atoms with Crippen LogP contribution in [0.4, 0.5) is 5.82 Å². The van der Waals surface area contributed by atoms with Gasteiger partial charge in [-0.3, -0.25) is 0 Å². The van der Waals surface area contributed by atoms with E-state index in [1.54, 1.807) is 6.33 Å². The van der Waals surface area contributed by atoms with E-state index >= 15 is 0 Å². The maximum atomic E-state index is 9.98. The van der Waals surface area contributed by atoms with E-state index in [2.05, 4.69) is 15.3 Å². The molecule has 2 N–H and O–H groups in total. The Balaban J connectivity index is 2.11. The zero-order valence-electron chi connectivity index (χ0n) is 10.7. The normalized spacial score (nSPS) is 18.3. The van der Waals surface area contributed by atoms with Gasteiger partial charge in [0.1, 0.15) is 12.1 Å². The van der Waals surface area contributed by atoms with Gasteiger partial charge in [-0.05, 0) is 39.0 Å². The molecule has 1 aliphatic carbocycles. The molecule has 0 aliphatic heterocycles. The number of nitrogens with one attached hydrogen (secondary N) is 1. The Morgan fingerprint density at radius 1 is 1.35 bits per heavy atom. The SMILES string of the molecule is CCC(C)(O)CNc1ncnc2c1CCCC2. The molecular weight excluding hydrogens is 214 g/mol. The number of fused-ring (bicyclic) bond motifs is 1. The molecule has 0 saturated heterocycles. The van der Waals surface area contributed by atoms with Gasteiger partial charge in [-0.2, -0.15) is 0 Å². The zero-order chi connectivity index (χ0) is 12.3. The second-order valence-corrected chi connectivity index (χ2v) is 5.06. The first kappa shape index (κ1) is 12.3. The van der Waals surface area contributed by atoms with Gasteiger partial charge in [-0.25, -0.2) is 9.97 Å². The Morgan fingerprint density at radius 2 is 2.12 bits per heavy atom. The van der Waals surface area contributed by atoms with Gasteiger partial charge in [-0.15, -0.1) is 0 Å². The number of aliphatic hydroxyl groups is 1. The van der Waals surface area contributed by atoms with E-state index in [4.69, 9.17) is 0 Å². The molecule has 0 amide bonds. The molecular formula is C13H21N3O. The number of nitrogens with zero attached hydrogens (tertiary/aromatic N) is 2. The van der Waals surface area contributed by atoms with Gasteiger partial charge < -0.3 is 10.4 Å². The maximum absolute atomic E-state index is 9.98. The second kappa shape index (κ2) is 5.00. The van der Waals surface area contributed by atoms with Gasteiger partial charge in [-0.1, -0.05) is 6.92 Å². The highest BCUT2D eigenvalue weighted by Gasteiger charge is 2.20. The zero-order valence-corrected chi connectivity index (χ0v) is 10.7. The van der Waals surface area contributed by atoms with Crippen molar-refractivity contribution in [2.24, 2.45) is 0 Å². The molecule has 1 heterocycles. The first-order valence-corrected chi connectivity index (χ1v) is 6.41. The molecule has 1 unspecified atom stereocenters. The molecule has 1 aliphatic rings. The van der Waals surface area contributed by atoms with Crippen LogP contribution < -0.4 is 5.32 Å². The number of aryl methyl sites for hydroxylation is 1. The average Bonchev–Trinajstić information content (AvgIpc) is 2.36. The molecule has 94 valence electrons. The van der Waals surface area contributed by atoms with E-state index in [1.807, 2.05) is 13.8 Å². The van der Waals surface area contributed by atoms with E-state index in [9.17, 15) is 5.11 Å². The lowest BCUT2D eigenvalue weighted by atomic mass is 9.96. The first-order chi connectivity index (χ1) is 8.12. The monoisotopic (exact) mass is 235 g/mol. The van der Waals surface area contributed by atoms with Crippen molar-refractivity contribution in [3.8, 4) is 0 Å². The number of hydrogen-bond acceptors (Lipinski definition) is 4. The summed E-state index contributed by atoms with van der Waals surface area (Å²) in [6.45, 7) is 4.36. The van der Waals surface area contributed by atoms with Crippen LogP contribution in [0.5, 0.6) is 0 Å². The van der Waals surface area contributed by atoms with Crippen molar-refractivity contribution in [1.29, 1.82) is 0 Å². The maximum Gasteiger partial charge on any atom is 0.132 e. The Bertz CT molecular complexity index is 390. The lowest BCUT2D eigenvalue weighted by Crippen LogP contribution is -2.33. The van der Waals surface area contributed by atoms with E-state index in [0.29, 0.717) is 6.54 Å². The van der Waals surface area contributed by atoms with Crippen molar-refractivity contribution in [2.75, 3.05) is 11.9 Å². The van der Waals surface area contributed by atoms with Gasteiger partial charge in [0.2, 0.25) is 0 Å². The third-order valence-corrected chi connectivity index (χ3v) is 3.52. The van der Waals surface area contributed by atoms with Gasteiger partial charge in [0.05, 0.1) is 5.60 Å². The van der Waals surface area contributed by atoms with Crippen molar-refractivity contribution in [2.45, 2.75) is 51.6 Å². The smallest absolute Gasteiger partial charge is 0.132 e. The van der Waals surface area contributed by atoms with Crippen LogP contribution >= 0.6 is 0 Å². The fourth-order valence-corrected chi connectivity index (χ4v) is 2.07. The summed E-state index contributed by atoms with van der Waals surface area (Å²) in [5.41, 5.74) is 1.74. The highest BCUT2D eigenvalue weighted by molar-refractivity contribution is 5.47. The molecule has 0 spiro atoms. The van der Waals surface area contributed by atoms with Gasteiger partial charge in [0.15, 0.2) is 0 Å². The van der Waals surface area contributed by atoms with Crippen LogP contribution in [-0.2, 0) is 12.8 Å². The molecule has 1 aromatic rings. The Hall–Kier alpha value is -1.16. The molecule has 2 rings (SSSR count). The quantitative estimate of drug-likeness (QED) is 0.837. The summed E-state index contributed by atoms with van der Waals surface area (Å²) in [4.78, 5) is 8.63. The van der Waals surface area contributed by atoms with Gasteiger partial charge in [0, 0.05) is 17.8 Å². The Kier molecular flexibility index (Phi) is 3.62. The third-order valence-electron chi connectivity index (χ3n) is 3.52. The average molecular weight is 235 g/mol. The first-order valence-electron chi connectivity index (χ1n) is 6.41. The largest absolute Gasteiger partial charge is 0.388 e. The van der Waals surface area contributed by atoms with Crippen molar-refractivity contribution in [3.63, 3.8) is 0 Å². The summed E-state index contributed by atoms with van der Waals surface area (Å²) in [7, 11) is 0. The summed E-state index contributed by atoms with van der Waals surface area (Å²) in [5, 5.41) is 13.2. The van der Waals surface area contributed by atoms with Crippen LogP contribution in [0.3, 0.4) is 0 Å². The summed E-state index contributed by atoms with van der Waals surface area (Å²) >= 11 is 0. The Morgan fingerprint density at radius 3 is 2.88 bits per heavy atom. The molecule has 4 heteroatoms. The minimum atomic E-state index is -0.674. The molecule has 0 aromatic carbocycles. The summed E-state index contributed by atoms with van der Waals surface area (Å²) < 4.78 is 0. The minimum absolute atomic E-state index is 0.535. The molecule has 0 radical (unpaired) electrons. The summed E-state index contributed by atoms with van der Waals surface area (Å²) in [6, 6.07) is 0. The third kappa shape index (κ3) is 2.94. The summed E-state index contributed by atoms with van der Waals surface area (Å²) in [6.07, 6.45) is 6.87. The highest BCUT2D eigenvalue weighted by atomic mass is 16.3. The van der Waals surface area contributed by atoms with Crippen LogP contribution in [-0.4, -0.2) is 27.2 Å². The van der Waals surface area contributed by atoms with E-state index in [-0.39, 0.29) is 0 Å². The predicted octanol–water partition coefficient (Wildman–Crippen LogP) is 1.93. The standard InChI is InChI=1S/C13H21N3O/c1-3-13(2,17)8-14-12-10-6-4-5-7-11(10)15-9-16-12/h9,17H,3-8H2,1-2H3,(H,14,15,16). The van der Waals surface area contributed by atoms with Crippen LogP contribution in [0.2, 0.25) is 0 Å². The van der Waals surface area contributed by atoms with Crippen molar-refractivity contribution < 1.29 is 5.11 Å².